The van der Waals surface area contributed by atoms with Gasteiger partial charge in [0.15, 0.2) is 0 Å². The maximum absolute atomic E-state index is 5.47. The molecule has 2 heterocycles. The number of hydrogen-bond acceptors (Lipinski definition) is 5. The van der Waals surface area contributed by atoms with E-state index in [9.17, 15) is 0 Å². The highest BCUT2D eigenvalue weighted by atomic mass is 32.1. The molecule has 0 aromatic carbocycles. The SMILES string of the molecule is Cc1cnc(C(C)NC(C)c2nccs2)o1. The second-order valence-electron chi connectivity index (χ2n) is 3.79. The summed E-state index contributed by atoms with van der Waals surface area (Å²) in [5.41, 5.74) is 0. The predicted molar refractivity (Wildman–Crippen MR) is 63.3 cm³/mol. The highest BCUT2D eigenvalue weighted by Crippen LogP contribution is 2.20. The number of thiazole rings is 1. The van der Waals surface area contributed by atoms with E-state index in [1.165, 1.54) is 0 Å². The van der Waals surface area contributed by atoms with Crippen LogP contribution in [0.1, 0.15) is 42.6 Å². The fourth-order valence-electron chi connectivity index (χ4n) is 1.54. The topological polar surface area (TPSA) is 51.0 Å². The molecule has 1 N–H and O–H groups in total. The molecule has 0 aliphatic rings. The van der Waals surface area contributed by atoms with E-state index in [2.05, 4.69) is 22.2 Å². The normalized spacial score (nSPS) is 14.9. The van der Waals surface area contributed by atoms with Gasteiger partial charge in [0.1, 0.15) is 10.8 Å². The third-order valence-electron chi connectivity index (χ3n) is 2.33. The molecule has 0 bridgehead atoms. The fourth-order valence-corrected chi connectivity index (χ4v) is 2.19. The van der Waals surface area contributed by atoms with E-state index in [0.717, 1.165) is 16.7 Å². The first kappa shape index (κ1) is 11.3. The minimum Gasteiger partial charge on any atom is -0.444 e. The molecule has 86 valence electrons. The standard InChI is InChI=1S/C11H15N3OS/c1-7-6-13-10(15-7)8(2)14-9(3)11-12-4-5-16-11/h4-6,8-9,14H,1-3H3. The van der Waals surface area contributed by atoms with Gasteiger partial charge in [0.05, 0.1) is 18.3 Å². The highest BCUT2D eigenvalue weighted by molar-refractivity contribution is 7.09. The molecule has 4 nitrogen and oxygen atoms in total. The molecule has 0 radical (unpaired) electrons. The lowest BCUT2D eigenvalue weighted by Crippen LogP contribution is -2.22. The second kappa shape index (κ2) is 4.76. The Morgan fingerprint density at radius 2 is 2.12 bits per heavy atom. The Balaban J connectivity index is 2.00. The first-order valence-corrected chi connectivity index (χ1v) is 6.12. The summed E-state index contributed by atoms with van der Waals surface area (Å²) in [7, 11) is 0. The summed E-state index contributed by atoms with van der Waals surface area (Å²) in [6, 6.07) is 0.301. The Bertz CT molecular complexity index is 438. The van der Waals surface area contributed by atoms with E-state index in [1.807, 2.05) is 25.4 Å². The summed E-state index contributed by atoms with van der Waals surface area (Å²) in [4.78, 5) is 8.48. The van der Waals surface area contributed by atoms with Crippen molar-refractivity contribution in [2.75, 3.05) is 0 Å². The summed E-state index contributed by atoms with van der Waals surface area (Å²) in [5.74, 6) is 1.56. The van der Waals surface area contributed by atoms with Gasteiger partial charge in [-0.15, -0.1) is 11.3 Å². The van der Waals surface area contributed by atoms with Crippen molar-refractivity contribution in [2.24, 2.45) is 0 Å². The van der Waals surface area contributed by atoms with Crippen molar-refractivity contribution in [1.82, 2.24) is 15.3 Å². The van der Waals surface area contributed by atoms with Crippen molar-refractivity contribution < 1.29 is 4.42 Å². The lowest BCUT2D eigenvalue weighted by atomic mass is 10.2. The molecule has 0 aliphatic carbocycles. The summed E-state index contributed by atoms with van der Waals surface area (Å²) in [6.07, 6.45) is 3.56. The van der Waals surface area contributed by atoms with Gasteiger partial charge >= 0.3 is 0 Å². The average Bonchev–Trinajstić information content (AvgIpc) is 2.87. The summed E-state index contributed by atoms with van der Waals surface area (Å²) in [6.45, 7) is 6.02. The molecule has 2 rings (SSSR count). The van der Waals surface area contributed by atoms with Crippen LogP contribution in [0.3, 0.4) is 0 Å². The Hall–Kier alpha value is -1.20. The van der Waals surface area contributed by atoms with Crippen LogP contribution >= 0.6 is 11.3 Å². The second-order valence-corrected chi connectivity index (χ2v) is 4.72. The third kappa shape index (κ3) is 2.48. The van der Waals surface area contributed by atoms with Crippen LogP contribution in [-0.4, -0.2) is 9.97 Å². The van der Waals surface area contributed by atoms with E-state index in [-0.39, 0.29) is 12.1 Å². The number of nitrogens with one attached hydrogen (secondary N) is 1. The molecule has 16 heavy (non-hydrogen) atoms. The number of aryl methyl sites for hydroxylation is 1. The maximum Gasteiger partial charge on any atom is 0.211 e. The van der Waals surface area contributed by atoms with Crippen LogP contribution in [-0.2, 0) is 0 Å². The molecule has 2 atom stereocenters. The molecule has 0 saturated carbocycles. The molecule has 0 amide bonds. The lowest BCUT2D eigenvalue weighted by Gasteiger charge is -2.15. The van der Waals surface area contributed by atoms with Crippen LogP contribution in [0.4, 0.5) is 0 Å². The third-order valence-corrected chi connectivity index (χ3v) is 3.29. The largest absolute Gasteiger partial charge is 0.444 e. The number of hydrogen-bond donors (Lipinski definition) is 1. The zero-order valence-corrected chi connectivity index (χ0v) is 10.4. The molecule has 2 unspecified atom stereocenters. The number of oxazole rings is 1. The molecular weight excluding hydrogens is 222 g/mol. The summed E-state index contributed by atoms with van der Waals surface area (Å²) in [5, 5.41) is 6.46. The van der Waals surface area contributed by atoms with Crippen molar-refractivity contribution >= 4 is 11.3 Å². The molecule has 2 aromatic rings. The summed E-state index contributed by atoms with van der Waals surface area (Å²) < 4.78 is 5.47. The molecule has 0 spiro atoms. The average molecular weight is 237 g/mol. The lowest BCUT2D eigenvalue weighted by molar-refractivity contribution is 0.380. The Labute approximate surface area is 98.7 Å². The van der Waals surface area contributed by atoms with Crippen molar-refractivity contribution in [1.29, 1.82) is 0 Å². The smallest absolute Gasteiger partial charge is 0.211 e. The van der Waals surface area contributed by atoms with Crippen molar-refractivity contribution in [3.05, 3.63) is 34.4 Å². The van der Waals surface area contributed by atoms with Gasteiger partial charge in [-0.3, -0.25) is 5.32 Å². The molecule has 0 saturated heterocycles. The van der Waals surface area contributed by atoms with Gasteiger partial charge in [0.2, 0.25) is 5.89 Å². The van der Waals surface area contributed by atoms with Gasteiger partial charge in [-0.1, -0.05) is 0 Å². The van der Waals surface area contributed by atoms with Gasteiger partial charge < -0.3 is 4.42 Å². The van der Waals surface area contributed by atoms with Gasteiger partial charge in [-0.05, 0) is 20.8 Å². The van der Waals surface area contributed by atoms with Crippen LogP contribution in [0.5, 0.6) is 0 Å². The van der Waals surface area contributed by atoms with Crippen LogP contribution in [0.15, 0.2) is 22.2 Å². The van der Waals surface area contributed by atoms with Crippen LogP contribution < -0.4 is 5.32 Å². The molecule has 5 heteroatoms. The van der Waals surface area contributed by atoms with Gasteiger partial charge in [0.25, 0.3) is 0 Å². The molecule has 2 aromatic heterocycles. The summed E-state index contributed by atoms with van der Waals surface area (Å²) >= 11 is 1.65. The zero-order chi connectivity index (χ0) is 11.5. The Morgan fingerprint density at radius 1 is 1.31 bits per heavy atom. The Kier molecular flexibility index (Phi) is 3.36. The van der Waals surface area contributed by atoms with E-state index in [4.69, 9.17) is 4.42 Å². The van der Waals surface area contributed by atoms with Gasteiger partial charge in [0, 0.05) is 11.6 Å². The quantitative estimate of drug-likeness (QED) is 0.888. The van der Waals surface area contributed by atoms with Crippen LogP contribution in [0, 0.1) is 6.92 Å². The van der Waals surface area contributed by atoms with Gasteiger partial charge in [-0.2, -0.15) is 0 Å². The molecule has 0 fully saturated rings. The van der Waals surface area contributed by atoms with Crippen LogP contribution in [0.2, 0.25) is 0 Å². The first-order chi connectivity index (χ1) is 7.66. The van der Waals surface area contributed by atoms with Crippen LogP contribution in [0.25, 0.3) is 0 Å². The van der Waals surface area contributed by atoms with Crippen molar-refractivity contribution in [3.8, 4) is 0 Å². The van der Waals surface area contributed by atoms with E-state index in [1.54, 1.807) is 17.5 Å². The highest BCUT2D eigenvalue weighted by Gasteiger charge is 2.16. The number of nitrogens with zero attached hydrogens (tertiary/aromatic N) is 2. The van der Waals surface area contributed by atoms with Gasteiger partial charge in [-0.25, -0.2) is 9.97 Å². The first-order valence-electron chi connectivity index (χ1n) is 5.24. The minimum atomic E-state index is 0.0904. The van der Waals surface area contributed by atoms with E-state index < -0.39 is 0 Å². The Morgan fingerprint density at radius 3 is 2.69 bits per heavy atom. The van der Waals surface area contributed by atoms with Crippen molar-refractivity contribution in [2.45, 2.75) is 32.9 Å². The zero-order valence-electron chi connectivity index (χ0n) is 9.60. The molecule has 0 aliphatic heterocycles. The fraction of sp³-hybridized carbons (Fsp3) is 0.455. The van der Waals surface area contributed by atoms with Crippen molar-refractivity contribution in [3.63, 3.8) is 0 Å². The molecular formula is C11H15N3OS. The number of rotatable bonds is 4. The minimum absolute atomic E-state index is 0.0904. The maximum atomic E-state index is 5.47. The van der Waals surface area contributed by atoms with E-state index in [0.29, 0.717) is 0 Å². The predicted octanol–water partition coefficient (Wildman–Crippen LogP) is 2.85. The van der Waals surface area contributed by atoms with E-state index >= 15 is 0 Å². The number of aromatic nitrogens is 2. The monoisotopic (exact) mass is 237 g/mol.